The third-order valence-electron chi connectivity index (χ3n) is 4.84. The Bertz CT molecular complexity index is 789. The van der Waals surface area contributed by atoms with Crippen molar-refractivity contribution in [3.8, 4) is 6.07 Å². The van der Waals surface area contributed by atoms with Crippen LogP contribution in [0.3, 0.4) is 0 Å². The number of hydrogen-bond acceptors (Lipinski definition) is 7. The first-order valence-corrected chi connectivity index (χ1v) is 9.86. The van der Waals surface area contributed by atoms with Crippen LogP contribution in [0.15, 0.2) is 0 Å². The van der Waals surface area contributed by atoms with E-state index in [1.54, 1.807) is 4.90 Å². The maximum absolute atomic E-state index is 12.7. The number of nitriles is 1. The van der Waals surface area contributed by atoms with Gasteiger partial charge in [0.2, 0.25) is 5.28 Å². The van der Waals surface area contributed by atoms with Gasteiger partial charge in [-0.05, 0) is 45.7 Å². The molecule has 0 radical (unpaired) electrons. The number of anilines is 1. The van der Waals surface area contributed by atoms with Crippen LogP contribution in [0.25, 0.3) is 0 Å². The van der Waals surface area contributed by atoms with Gasteiger partial charge in [-0.1, -0.05) is 0 Å². The minimum absolute atomic E-state index is 0.109. The number of amides is 1. The lowest BCUT2D eigenvalue weighted by molar-refractivity contribution is 0.0140. The van der Waals surface area contributed by atoms with Crippen molar-refractivity contribution in [1.82, 2.24) is 14.9 Å². The van der Waals surface area contributed by atoms with Crippen LogP contribution >= 0.6 is 11.6 Å². The Morgan fingerprint density at radius 1 is 1.39 bits per heavy atom. The summed E-state index contributed by atoms with van der Waals surface area (Å²) in [5.41, 5.74) is 0.956. The van der Waals surface area contributed by atoms with E-state index >= 15 is 0 Å². The topological polar surface area (TPSA) is 91.6 Å². The van der Waals surface area contributed by atoms with Crippen LogP contribution in [0, 0.1) is 11.3 Å². The van der Waals surface area contributed by atoms with Gasteiger partial charge >= 0.3 is 6.09 Å². The van der Waals surface area contributed by atoms with Crippen LogP contribution in [-0.2, 0) is 15.9 Å². The molecule has 0 saturated carbocycles. The number of morpholine rings is 1. The SMILES string of the molecule is CC1COCCN1c1nc(Cl)nc2c1CCN(C(=O)OC(C)(C)C)C2CC#N. The highest BCUT2D eigenvalue weighted by atomic mass is 35.5. The van der Waals surface area contributed by atoms with Gasteiger partial charge < -0.3 is 14.4 Å². The maximum Gasteiger partial charge on any atom is 0.410 e. The van der Waals surface area contributed by atoms with Crippen LogP contribution < -0.4 is 4.90 Å². The van der Waals surface area contributed by atoms with E-state index < -0.39 is 17.7 Å². The molecule has 1 aromatic rings. The summed E-state index contributed by atoms with van der Waals surface area (Å²) in [4.78, 5) is 25.4. The summed E-state index contributed by atoms with van der Waals surface area (Å²) in [5, 5.41) is 9.49. The summed E-state index contributed by atoms with van der Waals surface area (Å²) in [6.45, 7) is 9.90. The molecular formula is C19H26ClN5O3. The van der Waals surface area contributed by atoms with E-state index in [-0.39, 0.29) is 17.7 Å². The molecule has 1 saturated heterocycles. The van der Waals surface area contributed by atoms with Crippen molar-refractivity contribution in [1.29, 1.82) is 5.26 Å². The number of fused-ring (bicyclic) bond motifs is 1. The van der Waals surface area contributed by atoms with E-state index in [1.807, 2.05) is 20.8 Å². The number of ether oxygens (including phenoxy) is 2. The van der Waals surface area contributed by atoms with Gasteiger partial charge in [0.25, 0.3) is 0 Å². The van der Waals surface area contributed by atoms with Crippen LogP contribution in [0.1, 0.15) is 51.4 Å². The molecule has 2 aliphatic rings. The maximum atomic E-state index is 12.7. The van der Waals surface area contributed by atoms with Crippen molar-refractivity contribution >= 4 is 23.5 Å². The van der Waals surface area contributed by atoms with Crippen molar-refractivity contribution in [3.05, 3.63) is 16.5 Å². The molecule has 1 amide bonds. The molecule has 2 aliphatic heterocycles. The van der Waals surface area contributed by atoms with Gasteiger partial charge in [-0.3, -0.25) is 4.90 Å². The Hall–Kier alpha value is -2.11. The first-order valence-electron chi connectivity index (χ1n) is 9.48. The second-order valence-electron chi connectivity index (χ2n) is 8.10. The first kappa shape index (κ1) is 20.6. The Kier molecular flexibility index (Phi) is 5.96. The van der Waals surface area contributed by atoms with Gasteiger partial charge in [-0.15, -0.1) is 0 Å². The van der Waals surface area contributed by atoms with Crippen molar-refractivity contribution in [2.45, 2.75) is 58.2 Å². The van der Waals surface area contributed by atoms with E-state index in [1.165, 1.54) is 0 Å². The van der Waals surface area contributed by atoms with E-state index in [9.17, 15) is 10.1 Å². The summed E-state index contributed by atoms with van der Waals surface area (Å²) >= 11 is 6.25. The van der Waals surface area contributed by atoms with Gasteiger partial charge in [0.15, 0.2) is 0 Å². The molecule has 2 atom stereocenters. The second kappa shape index (κ2) is 8.10. The smallest absolute Gasteiger partial charge is 0.410 e. The predicted octanol–water partition coefficient (Wildman–Crippen LogP) is 3.10. The minimum atomic E-state index is -0.619. The zero-order chi connectivity index (χ0) is 20.5. The van der Waals surface area contributed by atoms with E-state index in [4.69, 9.17) is 21.1 Å². The third-order valence-corrected chi connectivity index (χ3v) is 5.01. The molecule has 0 spiro atoms. The zero-order valence-electron chi connectivity index (χ0n) is 16.7. The van der Waals surface area contributed by atoms with Crippen molar-refractivity contribution in [2.24, 2.45) is 0 Å². The summed E-state index contributed by atoms with van der Waals surface area (Å²) in [5.74, 6) is 0.776. The third kappa shape index (κ3) is 4.31. The molecule has 3 heterocycles. The van der Waals surface area contributed by atoms with Crippen LogP contribution in [-0.4, -0.2) is 58.9 Å². The second-order valence-corrected chi connectivity index (χ2v) is 8.44. The number of rotatable bonds is 2. The Morgan fingerprint density at radius 2 is 2.14 bits per heavy atom. The lowest BCUT2D eigenvalue weighted by Crippen LogP contribution is -2.47. The zero-order valence-corrected chi connectivity index (χ0v) is 17.5. The largest absolute Gasteiger partial charge is 0.444 e. The van der Waals surface area contributed by atoms with Gasteiger partial charge in [0, 0.05) is 18.7 Å². The fourth-order valence-corrected chi connectivity index (χ4v) is 3.80. The van der Waals surface area contributed by atoms with Crippen LogP contribution in [0.4, 0.5) is 10.6 Å². The highest BCUT2D eigenvalue weighted by Crippen LogP contribution is 2.37. The van der Waals surface area contributed by atoms with E-state index in [0.717, 1.165) is 11.4 Å². The van der Waals surface area contributed by atoms with Crippen molar-refractivity contribution in [2.75, 3.05) is 31.2 Å². The molecule has 9 heteroatoms. The van der Waals surface area contributed by atoms with Crippen LogP contribution in [0.5, 0.6) is 0 Å². The normalized spacial score (nSPS) is 22.4. The average molecular weight is 408 g/mol. The molecule has 0 aromatic carbocycles. The Balaban J connectivity index is 2.00. The van der Waals surface area contributed by atoms with Gasteiger partial charge in [0.05, 0.1) is 43.5 Å². The van der Waals surface area contributed by atoms with Crippen molar-refractivity contribution in [3.63, 3.8) is 0 Å². The molecule has 152 valence electrons. The first-order chi connectivity index (χ1) is 13.2. The fourth-order valence-electron chi connectivity index (χ4n) is 3.62. The highest BCUT2D eigenvalue weighted by molar-refractivity contribution is 6.28. The molecule has 1 fully saturated rings. The predicted molar refractivity (Wildman–Crippen MR) is 104 cm³/mol. The number of nitrogens with zero attached hydrogens (tertiary/aromatic N) is 5. The highest BCUT2D eigenvalue weighted by Gasteiger charge is 2.38. The molecule has 2 unspecified atom stereocenters. The fraction of sp³-hybridized carbons (Fsp3) is 0.684. The average Bonchev–Trinajstić information content (AvgIpc) is 2.60. The molecule has 0 bridgehead atoms. The summed E-state index contributed by atoms with van der Waals surface area (Å²) in [6.07, 6.45) is 0.236. The molecular weight excluding hydrogens is 382 g/mol. The molecule has 3 rings (SSSR count). The van der Waals surface area contributed by atoms with Gasteiger partial charge in [-0.2, -0.15) is 5.26 Å². The van der Waals surface area contributed by atoms with Crippen LogP contribution in [0.2, 0.25) is 5.28 Å². The molecule has 8 nitrogen and oxygen atoms in total. The monoisotopic (exact) mass is 407 g/mol. The number of halogens is 1. The van der Waals surface area contributed by atoms with Crippen molar-refractivity contribution < 1.29 is 14.3 Å². The molecule has 0 N–H and O–H groups in total. The number of hydrogen-bond donors (Lipinski definition) is 0. The number of carbonyl (C=O) groups excluding carboxylic acids is 1. The van der Waals surface area contributed by atoms with E-state index in [0.29, 0.717) is 38.4 Å². The Labute approximate surface area is 170 Å². The lowest BCUT2D eigenvalue weighted by atomic mass is 9.95. The number of carbonyl (C=O) groups is 1. The lowest BCUT2D eigenvalue weighted by Gasteiger charge is -2.40. The molecule has 1 aromatic heterocycles. The minimum Gasteiger partial charge on any atom is -0.444 e. The summed E-state index contributed by atoms with van der Waals surface area (Å²) in [7, 11) is 0. The summed E-state index contributed by atoms with van der Waals surface area (Å²) < 4.78 is 11.1. The Morgan fingerprint density at radius 3 is 2.79 bits per heavy atom. The van der Waals surface area contributed by atoms with E-state index in [2.05, 4.69) is 27.9 Å². The number of aromatic nitrogens is 2. The quantitative estimate of drug-likeness (QED) is 0.695. The molecule has 28 heavy (non-hydrogen) atoms. The van der Waals surface area contributed by atoms with Gasteiger partial charge in [0.1, 0.15) is 11.4 Å². The molecule has 0 aliphatic carbocycles. The standard InChI is InChI=1S/C19H26ClN5O3/c1-12-11-27-10-9-24(12)16-13-6-8-25(18(26)28-19(2,3)4)14(5-7-21)15(13)22-17(20)23-16/h12,14H,5-6,8-11H2,1-4H3. The summed E-state index contributed by atoms with van der Waals surface area (Å²) in [6, 6.07) is 1.81. The van der Waals surface area contributed by atoms with Gasteiger partial charge in [-0.25, -0.2) is 14.8 Å².